The average Bonchev–Trinajstić information content (AvgIpc) is 2.63. The Labute approximate surface area is 189 Å². The molecule has 1 saturated heterocycles. The highest BCUT2D eigenvalue weighted by molar-refractivity contribution is 6.32. The zero-order valence-electron chi connectivity index (χ0n) is 18.4. The summed E-state index contributed by atoms with van der Waals surface area (Å²) in [6.07, 6.45) is -2.24. The van der Waals surface area contributed by atoms with Crippen LogP contribution in [0.5, 0.6) is 5.75 Å². The van der Waals surface area contributed by atoms with Crippen molar-refractivity contribution >= 4 is 29.1 Å². The average molecular weight is 476 g/mol. The Morgan fingerprint density at radius 1 is 1.16 bits per heavy atom. The molecule has 0 atom stereocenters. The predicted molar refractivity (Wildman–Crippen MR) is 116 cm³/mol. The number of halogens is 5. The monoisotopic (exact) mass is 475 g/mol. The predicted octanol–water partition coefficient (Wildman–Crippen LogP) is 5.97. The molecule has 0 saturated carbocycles. The van der Waals surface area contributed by atoms with Crippen LogP contribution in [0.25, 0.3) is 0 Å². The van der Waals surface area contributed by atoms with Crippen LogP contribution >= 0.6 is 11.6 Å². The molecule has 2 N–H and O–H groups in total. The molecule has 0 bridgehead atoms. The van der Waals surface area contributed by atoms with E-state index in [-0.39, 0.29) is 33.9 Å². The molecule has 0 amide bonds. The van der Waals surface area contributed by atoms with Gasteiger partial charge < -0.3 is 15.4 Å². The Balaban J connectivity index is 1.76. The molecule has 0 unspecified atom stereocenters. The Kier molecular flexibility index (Phi) is 6.50. The second kappa shape index (κ2) is 8.55. The molecule has 0 aliphatic carbocycles. The van der Waals surface area contributed by atoms with Gasteiger partial charge in [-0.05, 0) is 65.8 Å². The third-order valence-corrected chi connectivity index (χ3v) is 6.10. The summed E-state index contributed by atoms with van der Waals surface area (Å²) in [6, 6.07) is 3.63. The van der Waals surface area contributed by atoms with Crippen LogP contribution in [0.15, 0.2) is 24.4 Å². The number of likely N-dealkylation sites (tertiary alicyclic amines) is 1. The van der Waals surface area contributed by atoms with Gasteiger partial charge in [-0.15, -0.1) is 13.2 Å². The summed E-state index contributed by atoms with van der Waals surface area (Å²) in [7, 11) is 2.08. The summed E-state index contributed by atoms with van der Waals surface area (Å²) < 4.78 is 55.5. The molecule has 1 aliphatic heterocycles. The first kappa shape index (κ1) is 24.3. The summed E-state index contributed by atoms with van der Waals surface area (Å²) in [5, 5.41) is 5.76. The van der Waals surface area contributed by atoms with E-state index in [0.29, 0.717) is 5.69 Å². The minimum Gasteiger partial charge on any atom is -0.404 e. The summed E-state index contributed by atoms with van der Waals surface area (Å²) in [4.78, 5) is 10.4. The molecule has 0 radical (unpaired) electrons. The van der Waals surface area contributed by atoms with Crippen LogP contribution in [-0.2, 0) is 0 Å². The van der Waals surface area contributed by atoms with E-state index >= 15 is 0 Å². The molecule has 1 fully saturated rings. The van der Waals surface area contributed by atoms with Crippen LogP contribution in [0.4, 0.5) is 35.0 Å². The summed E-state index contributed by atoms with van der Waals surface area (Å²) in [5.41, 5.74) is 0.130. The van der Waals surface area contributed by atoms with E-state index in [9.17, 15) is 17.6 Å². The van der Waals surface area contributed by atoms with E-state index in [1.165, 1.54) is 12.1 Å². The van der Waals surface area contributed by atoms with Crippen molar-refractivity contribution in [1.82, 2.24) is 14.9 Å². The number of aromatic nitrogens is 2. The Morgan fingerprint density at radius 3 is 2.34 bits per heavy atom. The van der Waals surface area contributed by atoms with Crippen LogP contribution < -0.4 is 15.4 Å². The molecule has 1 aliphatic rings. The number of benzene rings is 1. The van der Waals surface area contributed by atoms with Crippen LogP contribution in [0.3, 0.4) is 0 Å². The first-order chi connectivity index (χ1) is 14.7. The Morgan fingerprint density at radius 2 is 1.78 bits per heavy atom. The highest BCUT2D eigenvalue weighted by atomic mass is 35.5. The van der Waals surface area contributed by atoms with Gasteiger partial charge in [0.05, 0.1) is 11.2 Å². The first-order valence-electron chi connectivity index (χ1n) is 10.0. The second-order valence-corrected chi connectivity index (χ2v) is 9.55. The van der Waals surface area contributed by atoms with Crippen LogP contribution in [0.2, 0.25) is 5.02 Å². The van der Waals surface area contributed by atoms with Gasteiger partial charge in [-0.3, -0.25) is 4.90 Å². The van der Waals surface area contributed by atoms with Crippen molar-refractivity contribution < 1.29 is 22.3 Å². The fraction of sp³-hybridized carbons (Fsp3) is 0.524. The number of hydrogen-bond donors (Lipinski definition) is 2. The number of nitrogens with one attached hydrogen (secondary N) is 2. The smallest absolute Gasteiger partial charge is 0.404 e. The second-order valence-electron chi connectivity index (χ2n) is 9.14. The maximum atomic E-state index is 14.4. The van der Waals surface area contributed by atoms with Gasteiger partial charge in [0.1, 0.15) is 5.75 Å². The van der Waals surface area contributed by atoms with Crippen molar-refractivity contribution in [2.45, 2.75) is 64.0 Å². The first-order valence-corrected chi connectivity index (χ1v) is 10.4. The largest absolute Gasteiger partial charge is 0.573 e. The highest BCUT2D eigenvalue weighted by Gasteiger charge is 2.43. The lowest BCUT2D eigenvalue weighted by atomic mass is 9.77. The van der Waals surface area contributed by atoms with Gasteiger partial charge in [-0.25, -0.2) is 9.37 Å². The van der Waals surface area contributed by atoms with Gasteiger partial charge in [-0.1, -0.05) is 11.6 Å². The lowest BCUT2D eigenvalue weighted by molar-refractivity contribution is -0.274. The summed E-state index contributed by atoms with van der Waals surface area (Å²) >= 11 is 5.87. The zero-order chi connectivity index (χ0) is 23.9. The number of alkyl halides is 3. The highest BCUT2D eigenvalue weighted by Crippen LogP contribution is 2.38. The number of hydrogen-bond acceptors (Lipinski definition) is 6. The van der Waals surface area contributed by atoms with Crippen molar-refractivity contribution in [2.24, 2.45) is 0 Å². The zero-order valence-corrected chi connectivity index (χ0v) is 19.2. The topological polar surface area (TPSA) is 62.3 Å². The van der Waals surface area contributed by atoms with Gasteiger partial charge in [0, 0.05) is 22.8 Å². The van der Waals surface area contributed by atoms with E-state index in [2.05, 4.69) is 65.0 Å². The molecule has 2 aromatic rings. The molecule has 176 valence electrons. The number of piperidine rings is 1. The third kappa shape index (κ3) is 5.72. The van der Waals surface area contributed by atoms with E-state index in [4.69, 9.17) is 11.6 Å². The van der Waals surface area contributed by atoms with E-state index in [0.717, 1.165) is 25.1 Å². The molecular formula is C21H26ClF4N5O. The van der Waals surface area contributed by atoms with Gasteiger partial charge in [0.15, 0.2) is 11.6 Å². The number of ether oxygens (including phenoxy) is 1. The van der Waals surface area contributed by atoms with Gasteiger partial charge in [-0.2, -0.15) is 4.98 Å². The normalized spacial score (nSPS) is 18.9. The van der Waals surface area contributed by atoms with Gasteiger partial charge in [0.25, 0.3) is 0 Å². The van der Waals surface area contributed by atoms with Crippen molar-refractivity contribution in [2.75, 3.05) is 17.7 Å². The molecule has 3 rings (SSSR count). The van der Waals surface area contributed by atoms with Crippen molar-refractivity contribution in [3.05, 3.63) is 35.2 Å². The third-order valence-electron chi connectivity index (χ3n) is 5.81. The van der Waals surface area contributed by atoms with Gasteiger partial charge in [0.2, 0.25) is 5.95 Å². The molecular weight excluding hydrogens is 450 g/mol. The van der Waals surface area contributed by atoms with Crippen LogP contribution in [0, 0.1) is 5.82 Å². The molecule has 32 heavy (non-hydrogen) atoms. The fourth-order valence-electron chi connectivity index (χ4n) is 4.11. The molecule has 1 aromatic heterocycles. The quantitative estimate of drug-likeness (QED) is 0.519. The van der Waals surface area contributed by atoms with E-state index < -0.39 is 17.9 Å². The Hall–Kier alpha value is -2.33. The lowest BCUT2D eigenvalue weighted by Crippen LogP contribution is -2.61. The van der Waals surface area contributed by atoms with E-state index in [1.807, 2.05) is 0 Å². The Bertz CT molecular complexity index is 965. The molecule has 2 heterocycles. The maximum Gasteiger partial charge on any atom is 0.573 e. The minimum atomic E-state index is -4.85. The number of rotatable bonds is 5. The lowest BCUT2D eigenvalue weighted by Gasteiger charge is -2.53. The van der Waals surface area contributed by atoms with Gasteiger partial charge >= 0.3 is 6.36 Å². The number of nitrogens with zero attached hydrogens (tertiary/aromatic N) is 3. The maximum absolute atomic E-state index is 14.4. The van der Waals surface area contributed by atoms with Crippen molar-refractivity contribution in [1.29, 1.82) is 0 Å². The van der Waals surface area contributed by atoms with Crippen LogP contribution in [0.1, 0.15) is 40.5 Å². The molecule has 11 heteroatoms. The number of anilines is 3. The van der Waals surface area contributed by atoms with Crippen LogP contribution in [-0.4, -0.2) is 45.4 Å². The van der Waals surface area contributed by atoms with E-state index in [1.54, 1.807) is 0 Å². The molecule has 6 nitrogen and oxygen atoms in total. The SMILES string of the molecule is CN1C(C)(C)CC(Nc2nc(Nc3ccc(OC(F)(F)F)c(Cl)c3)ncc2F)CC1(C)C. The van der Waals surface area contributed by atoms with Crippen molar-refractivity contribution in [3.63, 3.8) is 0 Å². The molecule has 0 spiro atoms. The minimum absolute atomic E-state index is 0.0123. The fourth-order valence-corrected chi connectivity index (χ4v) is 4.33. The molecule has 1 aromatic carbocycles. The summed E-state index contributed by atoms with van der Waals surface area (Å²) in [6.45, 7) is 8.56. The standard InChI is InChI=1S/C21H26ClF4N5O/c1-19(2)9-13(10-20(3,4)31(19)5)28-17-15(23)11-27-18(30-17)29-12-6-7-16(14(22)8-12)32-21(24,25)26/h6-8,11,13H,9-10H2,1-5H3,(H2,27,28,29,30). The summed E-state index contributed by atoms with van der Waals surface area (Å²) in [5.74, 6) is -1.01. The van der Waals surface area contributed by atoms with Crippen molar-refractivity contribution in [3.8, 4) is 5.75 Å².